The molecule has 2 aliphatic rings. The van der Waals surface area contributed by atoms with Crippen LogP contribution in [0.25, 0.3) is 0 Å². The molecule has 0 aromatic rings. The molecule has 0 aromatic heterocycles. The maximum absolute atomic E-state index is 3.73. The van der Waals surface area contributed by atoms with Gasteiger partial charge < -0.3 is 16.0 Å². The second-order valence-electron chi connectivity index (χ2n) is 6.85. The first kappa shape index (κ1) is 16.3. The van der Waals surface area contributed by atoms with Crippen LogP contribution in [-0.4, -0.2) is 38.8 Å². The molecule has 0 radical (unpaired) electrons. The Morgan fingerprint density at radius 3 is 2.25 bits per heavy atom. The molecule has 0 aliphatic heterocycles. The van der Waals surface area contributed by atoms with Gasteiger partial charge in [0.1, 0.15) is 0 Å². The van der Waals surface area contributed by atoms with E-state index in [1.165, 1.54) is 83.8 Å². The van der Waals surface area contributed by atoms with Crippen molar-refractivity contribution in [3.8, 4) is 0 Å². The molecule has 3 nitrogen and oxygen atoms in total. The zero-order valence-corrected chi connectivity index (χ0v) is 13.4. The Morgan fingerprint density at radius 2 is 1.55 bits per heavy atom. The average molecular weight is 281 g/mol. The van der Waals surface area contributed by atoms with Crippen molar-refractivity contribution in [1.82, 2.24) is 16.0 Å². The van der Waals surface area contributed by atoms with Crippen LogP contribution >= 0.6 is 0 Å². The largest absolute Gasteiger partial charge is 0.317 e. The quantitative estimate of drug-likeness (QED) is 0.599. The molecule has 0 saturated heterocycles. The van der Waals surface area contributed by atoms with E-state index in [0.29, 0.717) is 0 Å². The molecule has 3 N–H and O–H groups in total. The summed E-state index contributed by atoms with van der Waals surface area (Å²) in [6, 6.07) is 1.60. The summed E-state index contributed by atoms with van der Waals surface area (Å²) in [7, 11) is 2.10. The zero-order chi connectivity index (χ0) is 14.0. The van der Waals surface area contributed by atoms with Crippen molar-refractivity contribution >= 4 is 0 Å². The average Bonchev–Trinajstić information content (AvgIpc) is 2.52. The van der Waals surface area contributed by atoms with E-state index < -0.39 is 0 Å². The van der Waals surface area contributed by atoms with Crippen molar-refractivity contribution in [2.45, 2.75) is 76.3 Å². The Kier molecular flexibility index (Phi) is 7.92. The van der Waals surface area contributed by atoms with Crippen LogP contribution in [0.1, 0.15) is 64.2 Å². The van der Waals surface area contributed by atoms with Crippen LogP contribution < -0.4 is 16.0 Å². The lowest BCUT2D eigenvalue weighted by atomic mass is 9.86. The molecule has 0 spiro atoms. The van der Waals surface area contributed by atoms with Gasteiger partial charge in [-0.3, -0.25) is 0 Å². The highest BCUT2D eigenvalue weighted by molar-refractivity contribution is 4.77. The van der Waals surface area contributed by atoms with E-state index in [4.69, 9.17) is 0 Å². The normalized spacial score (nSPS) is 28.6. The first-order chi connectivity index (χ1) is 9.88. The Balaban J connectivity index is 1.40. The van der Waals surface area contributed by atoms with Crippen molar-refractivity contribution in [1.29, 1.82) is 0 Å². The van der Waals surface area contributed by atoms with Gasteiger partial charge in [-0.15, -0.1) is 0 Å². The summed E-state index contributed by atoms with van der Waals surface area (Å²) in [5, 5.41) is 10.8. The maximum Gasteiger partial charge on any atom is 0.00670 e. The standard InChI is InChI=1S/C17H35N3/c1-18-16-10-8-15(9-11-16)14-19-12-5-13-20-17-6-3-2-4-7-17/h15-20H,2-14H2,1H3. The molecule has 0 aromatic carbocycles. The Labute approximate surface area is 125 Å². The molecular formula is C17H35N3. The van der Waals surface area contributed by atoms with E-state index in [2.05, 4.69) is 23.0 Å². The molecule has 0 heterocycles. The van der Waals surface area contributed by atoms with Crippen LogP contribution in [0.15, 0.2) is 0 Å². The molecule has 0 bridgehead atoms. The van der Waals surface area contributed by atoms with Crippen molar-refractivity contribution in [2.75, 3.05) is 26.7 Å². The second-order valence-corrected chi connectivity index (χ2v) is 6.85. The van der Waals surface area contributed by atoms with Crippen molar-refractivity contribution in [2.24, 2.45) is 5.92 Å². The summed E-state index contributed by atoms with van der Waals surface area (Å²) in [5.41, 5.74) is 0. The summed E-state index contributed by atoms with van der Waals surface area (Å²) in [4.78, 5) is 0. The van der Waals surface area contributed by atoms with Crippen LogP contribution in [0.4, 0.5) is 0 Å². The summed E-state index contributed by atoms with van der Waals surface area (Å²) >= 11 is 0. The predicted octanol–water partition coefficient (Wildman–Crippen LogP) is 2.67. The van der Waals surface area contributed by atoms with E-state index in [1.807, 2.05) is 0 Å². The molecule has 0 atom stereocenters. The Hall–Kier alpha value is -0.120. The lowest BCUT2D eigenvalue weighted by molar-refractivity contribution is 0.292. The van der Waals surface area contributed by atoms with E-state index in [-0.39, 0.29) is 0 Å². The minimum Gasteiger partial charge on any atom is -0.317 e. The van der Waals surface area contributed by atoms with Gasteiger partial charge in [0.25, 0.3) is 0 Å². The van der Waals surface area contributed by atoms with Gasteiger partial charge in [-0.1, -0.05) is 19.3 Å². The molecular weight excluding hydrogens is 246 g/mol. The first-order valence-electron chi connectivity index (χ1n) is 9.00. The predicted molar refractivity (Wildman–Crippen MR) is 87.2 cm³/mol. The molecule has 2 saturated carbocycles. The monoisotopic (exact) mass is 281 g/mol. The molecule has 0 amide bonds. The highest BCUT2D eigenvalue weighted by Crippen LogP contribution is 2.23. The van der Waals surface area contributed by atoms with Crippen LogP contribution in [-0.2, 0) is 0 Å². The Bertz CT molecular complexity index is 230. The van der Waals surface area contributed by atoms with Gasteiger partial charge in [0, 0.05) is 12.1 Å². The molecule has 2 fully saturated rings. The first-order valence-corrected chi connectivity index (χ1v) is 9.00. The highest BCUT2D eigenvalue weighted by atomic mass is 14.9. The van der Waals surface area contributed by atoms with Gasteiger partial charge in [0.05, 0.1) is 0 Å². The van der Waals surface area contributed by atoms with E-state index in [9.17, 15) is 0 Å². The number of rotatable bonds is 8. The van der Waals surface area contributed by atoms with Gasteiger partial charge in [-0.05, 0) is 77.5 Å². The zero-order valence-electron chi connectivity index (χ0n) is 13.4. The molecule has 0 unspecified atom stereocenters. The van der Waals surface area contributed by atoms with Crippen molar-refractivity contribution in [3.63, 3.8) is 0 Å². The highest BCUT2D eigenvalue weighted by Gasteiger charge is 2.19. The molecule has 20 heavy (non-hydrogen) atoms. The van der Waals surface area contributed by atoms with E-state index in [1.54, 1.807) is 0 Å². The van der Waals surface area contributed by atoms with E-state index in [0.717, 1.165) is 18.0 Å². The third-order valence-corrected chi connectivity index (χ3v) is 5.26. The molecule has 118 valence electrons. The second kappa shape index (κ2) is 9.75. The SMILES string of the molecule is CNC1CCC(CNCCCNC2CCCCC2)CC1. The summed E-state index contributed by atoms with van der Waals surface area (Å²) in [5.74, 6) is 0.922. The fraction of sp³-hybridized carbons (Fsp3) is 1.00. The molecule has 2 aliphatic carbocycles. The van der Waals surface area contributed by atoms with Gasteiger partial charge in [-0.2, -0.15) is 0 Å². The maximum atomic E-state index is 3.73. The van der Waals surface area contributed by atoms with Gasteiger partial charge in [0.2, 0.25) is 0 Å². The van der Waals surface area contributed by atoms with Crippen LogP contribution in [0.5, 0.6) is 0 Å². The lowest BCUT2D eigenvalue weighted by Gasteiger charge is -2.28. The van der Waals surface area contributed by atoms with Crippen LogP contribution in [0.3, 0.4) is 0 Å². The van der Waals surface area contributed by atoms with Crippen molar-refractivity contribution < 1.29 is 0 Å². The molecule has 2 rings (SSSR count). The van der Waals surface area contributed by atoms with Crippen LogP contribution in [0.2, 0.25) is 0 Å². The summed E-state index contributed by atoms with van der Waals surface area (Å²) in [6.07, 6.45) is 14.0. The van der Waals surface area contributed by atoms with Gasteiger partial charge >= 0.3 is 0 Å². The fourth-order valence-electron chi connectivity index (χ4n) is 3.79. The minimum atomic E-state index is 0.783. The number of hydrogen-bond donors (Lipinski definition) is 3. The Morgan fingerprint density at radius 1 is 0.800 bits per heavy atom. The summed E-state index contributed by atoms with van der Waals surface area (Å²) < 4.78 is 0. The number of nitrogens with one attached hydrogen (secondary N) is 3. The smallest absolute Gasteiger partial charge is 0.00670 e. The van der Waals surface area contributed by atoms with Gasteiger partial charge in [0.15, 0.2) is 0 Å². The third kappa shape index (κ3) is 6.11. The lowest BCUT2D eigenvalue weighted by Crippen LogP contribution is -2.35. The fourth-order valence-corrected chi connectivity index (χ4v) is 3.79. The summed E-state index contributed by atoms with van der Waals surface area (Å²) in [6.45, 7) is 3.62. The molecule has 3 heteroatoms. The van der Waals surface area contributed by atoms with E-state index >= 15 is 0 Å². The minimum absolute atomic E-state index is 0.783. The third-order valence-electron chi connectivity index (χ3n) is 5.26. The topological polar surface area (TPSA) is 36.1 Å². The van der Waals surface area contributed by atoms with Gasteiger partial charge in [-0.25, -0.2) is 0 Å². The number of hydrogen-bond acceptors (Lipinski definition) is 3. The van der Waals surface area contributed by atoms with Crippen LogP contribution in [0, 0.1) is 5.92 Å². The van der Waals surface area contributed by atoms with Crippen molar-refractivity contribution in [3.05, 3.63) is 0 Å².